The van der Waals surface area contributed by atoms with Crippen molar-refractivity contribution >= 4 is 5.88 Å². The standard InChI is InChI=1S/C17H19N3O3/c1-21-14-7-3-4-8-15(14)22-12-16-19-13(11-18)17(23-16)20-9-5-2-6-10-20/h3-4,7-8H,2,5-6,9-10,12H2,1H3. The van der Waals surface area contributed by atoms with E-state index in [1.807, 2.05) is 24.3 Å². The van der Waals surface area contributed by atoms with E-state index >= 15 is 0 Å². The topological polar surface area (TPSA) is 71.5 Å². The second kappa shape index (κ2) is 7.05. The minimum atomic E-state index is 0.156. The van der Waals surface area contributed by atoms with E-state index in [2.05, 4.69) is 16.0 Å². The van der Waals surface area contributed by atoms with Crippen LogP contribution in [-0.2, 0) is 6.61 Å². The third-order valence-electron chi connectivity index (χ3n) is 3.82. The van der Waals surface area contributed by atoms with Gasteiger partial charge >= 0.3 is 0 Å². The van der Waals surface area contributed by atoms with Gasteiger partial charge in [0.2, 0.25) is 17.5 Å². The first kappa shape index (κ1) is 15.2. The molecule has 1 fully saturated rings. The molecular formula is C17H19N3O3. The molecule has 1 aromatic heterocycles. The first-order chi connectivity index (χ1) is 11.3. The molecule has 6 heteroatoms. The monoisotopic (exact) mass is 313 g/mol. The Kier molecular flexibility index (Phi) is 4.67. The van der Waals surface area contributed by atoms with Gasteiger partial charge in [0.1, 0.15) is 6.07 Å². The first-order valence-electron chi connectivity index (χ1n) is 7.72. The highest BCUT2D eigenvalue weighted by Crippen LogP contribution is 2.28. The number of hydrogen-bond acceptors (Lipinski definition) is 6. The molecule has 1 aliphatic rings. The summed E-state index contributed by atoms with van der Waals surface area (Å²) in [6.45, 7) is 1.95. The number of hydrogen-bond donors (Lipinski definition) is 0. The number of nitrogens with zero attached hydrogens (tertiary/aromatic N) is 3. The number of piperidine rings is 1. The highest BCUT2D eigenvalue weighted by atomic mass is 16.5. The van der Waals surface area contributed by atoms with Crippen LogP contribution < -0.4 is 14.4 Å². The molecule has 23 heavy (non-hydrogen) atoms. The number of benzene rings is 1. The first-order valence-corrected chi connectivity index (χ1v) is 7.72. The Balaban J connectivity index is 1.73. The van der Waals surface area contributed by atoms with Gasteiger partial charge in [0.05, 0.1) is 7.11 Å². The molecule has 0 spiro atoms. The molecule has 1 aromatic carbocycles. The second-order valence-electron chi connectivity index (χ2n) is 5.36. The van der Waals surface area contributed by atoms with Crippen molar-refractivity contribution in [1.82, 2.24) is 4.98 Å². The van der Waals surface area contributed by atoms with Crippen molar-refractivity contribution in [1.29, 1.82) is 5.26 Å². The summed E-state index contributed by atoms with van der Waals surface area (Å²) >= 11 is 0. The zero-order valence-electron chi connectivity index (χ0n) is 13.1. The van der Waals surface area contributed by atoms with Gasteiger partial charge in [-0.15, -0.1) is 0 Å². The van der Waals surface area contributed by atoms with Gasteiger partial charge in [-0.25, -0.2) is 0 Å². The van der Waals surface area contributed by atoms with Crippen molar-refractivity contribution in [2.45, 2.75) is 25.9 Å². The zero-order valence-corrected chi connectivity index (χ0v) is 13.1. The third-order valence-corrected chi connectivity index (χ3v) is 3.82. The fourth-order valence-corrected chi connectivity index (χ4v) is 2.68. The van der Waals surface area contributed by atoms with Crippen LogP contribution in [0.5, 0.6) is 11.5 Å². The highest BCUT2D eigenvalue weighted by molar-refractivity contribution is 5.48. The maximum absolute atomic E-state index is 9.27. The lowest BCUT2D eigenvalue weighted by atomic mass is 10.1. The van der Waals surface area contributed by atoms with Crippen molar-refractivity contribution in [3.8, 4) is 17.6 Å². The Morgan fingerprint density at radius 2 is 1.96 bits per heavy atom. The predicted octanol–water partition coefficient (Wildman–Crippen LogP) is 3.12. The van der Waals surface area contributed by atoms with Gasteiger partial charge in [-0.2, -0.15) is 10.2 Å². The predicted molar refractivity (Wildman–Crippen MR) is 84.6 cm³/mol. The molecule has 2 heterocycles. The molecule has 1 saturated heterocycles. The Bertz CT molecular complexity index is 699. The van der Waals surface area contributed by atoms with Gasteiger partial charge in [-0.05, 0) is 31.4 Å². The molecule has 0 amide bonds. The van der Waals surface area contributed by atoms with Gasteiger partial charge in [0, 0.05) is 13.1 Å². The number of ether oxygens (including phenoxy) is 2. The van der Waals surface area contributed by atoms with Crippen LogP contribution in [0.3, 0.4) is 0 Å². The number of rotatable bonds is 5. The lowest BCUT2D eigenvalue weighted by molar-refractivity contribution is 0.250. The molecule has 120 valence electrons. The molecule has 0 aliphatic carbocycles. The van der Waals surface area contributed by atoms with E-state index in [1.54, 1.807) is 7.11 Å². The summed E-state index contributed by atoms with van der Waals surface area (Å²) in [4.78, 5) is 6.32. The Morgan fingerprint density at radius 3 is 2.65 bits per heavy atom. The maximum Gasteiger partial charge on any atom is 0.236 e. The lowest BCUT2D eigenvalue weighted by Gasteiger charge is -2.25. The number of anilines is 1. The summed E-state index contributed by atoms with van der Waals surface area (Å²) in [7, 11) is 1.59. The molecule has 6 nitrogen and oxygen atoms in total. The Hall–Kier alpha value is -2.68. The number of nitriles is 1. The number of methoxy groups -OCH3 is 1. The lowest BCUT2D eigenvalue weighted by Crippen LogP contribution is -2.29. The molecule has 0 saturated carbocycles. The number of aromatic nitrogens is 1. The molecule has 0 radical (unpaired) electrons. The van der Waals surface area contributed by atoms with Crippen molar-refractivity contribution < 1.29 is 13.9 Å². The minimum absolute atomic E-state index is 0.156. The van der Waals surface area contributed by atoms with E-state index < -0.39 is 0 Å². The van der Waals surface area contributed by atoms with Crippen LogP contribution in [0, 0.1) is 11.3 Å². The summed E-state index contributed by atoms with van der Waals surface area (Å²) in [6, 6.07) is 9.49. The van der Waals surface area contributed by atoms with Gasteiger partial charge < -0.3 is 18.8 Å². The summed E-state index contributed by atoms with van der Waals surface area (Å²) in [5, 5.41) is 9.27. The molecule has 0 unspecified atom stereocenters. The van der Waals surface area contributed by atoms with Crippen LogP contribution in [0.25, 0.3) is 0 Å². The molecule has 0 atom stereocenters. The van der Waals surface area contributed by atoms with E-state index in [4.69, 9.17) is 13.9 Å². The van der Waals surface area contributed by atoms with E-state index in [1.165, 1.54) is 6.42 Å². The van der Waals surface area contributed by atoms with E-state index in [9.17, 15) is 5.26 Å². The molecule has 3 rings (SSSR count). The Morgan fingerprint density at radius 1 is 1.22 bits per heavy atom. The Labute approximate surface area is 135 Å². The minimum Gasteiger partial charge on any atom is -0.493 e. The SMILES string of the molecule is COc1ccccc1OCc1nc(C#N)c(N2CCCCC2)o1. The molecule has 2 aromatic rings. The fourth-order valence-electron chi connectivity index (χ4n) is 2.68. The van der Waals surface area contributed by atoms with Crippen molar-refractivity contribution in [3.63, 3.8) is 0 Å². The quantitative estimate of drug-likeness (QED) is 0.844. The summed E-state index contributed by atoms with van der Waals surface area (Å²) in [5.41, 5.74) is 0.325. The van der Waals surface area contributed by atoms with Crippen LogP contribution in [0.1, 0.15) is 30.8 Å². The highest BCUT2D eigenvalue weighted by Gasteiger charge is 2.21. The summed E-state index contributed by atoms with van der Waals surface area (Å²) in [5.74, 6) is 2.22. The molecule has 0 bridgehead atoms. The van der Waals surface area contributed by atoms with Crippen LogP contribution in [0.2, 0.25) is 0 Å². The van der Waals surface area contributed by atoms with Gasteiger partial charge in [-0.3, -0.25) is 0 Å². The summed E-state index contributed by atoms with van der Waals surface area (Å²) in [6.07, 6.45) is 3.44. The molecule has 0 N–H and O–H groups in total. The van der Waals surface area contributed by atoms with Gasteiger partial charge in [-0.1, -0.05) is 12.1 Å². The smallest absolute Gasteiger partial charge is 0.236 e. The third kappa shape index (κ3) is 3.39. The largest absolute Gasteiger partial charge is 0.493 e. The summed E-state index contributed by atoms with van der Waals surface area (Å²) < 4.78 is 16.7. The fraction of sp³-hybridized carbons (Fsp3) is 0.412. The van der Waals surface area contributed by atoms with E-state index in [0.29, 0.717) is 29.0 Å². The van der Waals surface area contributed by atoms with Crippen molar-refractivity contribution in [2.75, 3.05) is 25.1 Å². The van der Waals surface area contributed by atoms with Crippen molar-refractivity contribution in [3.05, 3.63) is 35.9 Å². The van der Waals surface area contributed by atoms with Crippen LogP contribution in [-0.4, -0.2) is 25.2 Å². The normalized spacial score (nSPS) is 14.3. The molecular weight excluding hydrogens is 294 g/mol. The van der Waals surface area contributed by atoms with E-state index in [0.717, 1.165) is 25.9 Å². The van der Waals surface area contributed by atoms with Gasteiger partial charge in [0.25, 0.3) is 0 Å². The van der Waals surface area contributed by atoms with E-state index in [-0.39, 0.29) is 6.61 Å². The average Bonchev–Trinajstić information content (AvgIpc) is 3.04. The maximum atomic E-state index is 9.27. The second-order valence-corrected chi connectivity index (χ2v) is 5.36. The zero-order chi connectivity index (χ0) is 16.1. The number of oxazole rings is 1. The van der Waals surface area contributed by atoms with Gasteiger partial charge in [0.15, 0.2) is 18.1 Å². The average molecular weight is 313 g/mol. The van der Waals surface area contributed by atoms with Crippen molar-refractivity contribution in [2.24, 2.45) is 0 Å². The van der Waals surface area contributed by atoms with Crippen LogP contribution in [0.4, 0.5) is 5.88 Å². The number of para-hydroxylation sites is 2. The van der Waals surface area contributed by atoms with Crippen LogP contribution >= 0.6 is 0 Å². The van der Waals surface area contributed by atoms with Crippen LogP contribution in [0.15, 0.2) is 28.7 Å². The molecule has 1 aliphatic heterocycles.